The molecule has 4 N–H and O–H groups in total. The monoisotopic (exact) mass is 376 g/mol. The Morgan fingerprint density at radius 1 is 1.26 bits per heavy atom. The van der Waals surface area contributed by atoms with Gasteiger partial charge in [-0.05, 0) is 63.7 Å². The van der Waals surface area contributed by atoms with Crippen LogP contribution in [0.1, 0.15) is 67.9 Å². The molecule has 27 heavy (non-hydrogen) atoms. The summed E-state index contributed by atoms with van der Waals surface area (Å²) in [6, 6.07) is 0.325. The normalized spacial score (nSPS) is 28.2. The molecule has 1 amide bonds. The Morgan fingerprint density at radius 3 is 2.67 bits per heavy atom. The summed E-state index contributed by atoms with van der Waals surface area (Å²) in [7, 11) is 0. The summed E-state index contributed by atoms with van der Waals surface area (Å²) in [4.78, 5) is 20.8. The molecule has 2 atom stereocenters. The maximum Gasteiger partial charge on any atom is 0.252 e. The average Bonchev–Trinajstić information content (AvgIpc) is 3.11. The lowest BCUT2D eigenvalue weighted by molar-refractivity contribution is 0.0346. The minimum absolute atomic E-state index is 0.190. The minimum Gasteiger partial charge on any atom is -0.396 e. The van der Waals surface area contributed by atoms with Gasteiger partial charge in [-0.1, -0.05) is 6.42 Å². The quantitative estimate of drug-likeness (QED) is 0.642. The van der Waals surface area contributed by atoms with Crippen molar-refractivity contribution in [1.82, 2.24) is 9.97 Å². The van der Waals surface area contributed by atoms with Gasteiger partial charge in [-0.3, -0.25) is 4.79 Å². The zero-order valence-electron chi connectivity index (χ0n) is 16.2. The smallest absolute Gasteiger partial charge is 0.252 e. The first kappa shape index (κ1) is 20.0. The molecule has 7 nitrogen and oxygen atoms in total. The van der Waals surface area contributed by atoms with Crippen molar-refractivity contribution in [2.45, 2.75) is 70.4 Å². The number of hydrogen-bond acceptors (Lipinski definition) is 6. The predicted octanol–water partition coefficient (Wildman–Crippen LogP) is 2.29. The van der Waals surface area contributed by atoms with Gasteiger partial charge in [-0.25, -0.2) is 9.97 Å². The molecule has 0 unspecified atom stereocenters. The highest BCUT2D eigenvalue weighted by molar-refractivity contribution is 5.93. The van der Waals surface area contributed by atoms with E-state index in [-0.39, 0.29) is 12.5 Å². The molecule has 0 aromatic carbocycles. The van der Waals surface area contributed by atoms with Crippen LogP contribution in [0.5, 0.6) is 0 Å². The summed E-state index contributed by atoms with van der Waals surface area (Å²) in [6.45, 7) is 2.99. The van der Waals surface area contributed by atoms with Crippen LogP contribution in [0.4, 0.5) is 5.95 Å². The fraction of sp³-hybridized carbons (Fsp3) is 0.750. The number of nitrogens with zero attached hydrogens (tertiary/aromatic N) is 2. The molecular weight excluding hydrogens is 344 g/mol. The molecular formula is C20H32N4O3. The summed E-state index contributed by atoms with van der Waals surface area (Å²) < 4.78 is 5.71. The molecule has 1 aromatic heterocycles. The number of carbonyl (C=O) groups excluding carboxylic acids is 1. The molecule has 150 valence electrons. The van der Waals surface area contributed by atoms with Crippen molar-refractivity contribution in [2.24, 2.45) is 17.6 Å². The minimum atomic E-state index is -0.493. The maximum atomic E-state index is 11.8. The Hall–Kier alpha value is -1.73. The lowest BCUT2D eigenvalue weighted by atomic mass is 9.91. The van der Waals surface area contributed by atoms with E-state index in [2.05, 4.69) is 15.3 Å². The van der Waals surface area contributed by atoms with E-state index in [1.807, 2.05) is 6.92 Å². The van der Waals surface area contributed by atoms with Crippen molar-refractivity contribution in [1.29, 1.82) is 0 Å². The second-order valence-corrected chi connectivity index (χ2v) is 7.83. The molecule has 1 heterocycles. The summed E-state index contributed by atoms with van der Waals surface area (Å²) in [5.41, 5.74) is 6.63. The average molecular weight is 377 g/mol. The van der Waals surface area contributed by atoms with Crippen LogP contribution < -0.4 is 11.1 Å². The van der Waals surface area contributed by atoms with Crippen LogP contribution in [-0.2, 0) is 11.2 Å². The van der Waals surface area contributed by atoms with Crippen molar-refractivity contribution in [2.75, 3.05) is 18.5 Å². The number of hydrogen-bond donors (Lipinski definition) is 3. The van der Waals surface area contributed by atoms with E-state index < -0.39 is 5.91 Å². The number of nitrogens with one attached hydrogen (secondary N) is 1. The van der Waals surface area contributed by atoms with Crippen molar-refractivity contribution in [3.05, 3.63) is 17.5 Å². The Morgan fingerprint density at radius 2 is 2.00 bits per heavy atom. The molecule has 2 saturated carbocycles. The zero-order chi connectivity index (χ0) is 19.2. The third-order valence-electron chi connectivity index (χ3n) is 6.05. The summed E-state index contributed by atoms with van der Waals surface area (Å²) in [6.07, 6.45) is 9.90. The van der Waals surface area contributed by atoms with Crippen molar-refractivity contribution in [3.63, 3.8) is 0 Å². The third-order valence-corrected chi connectivity index (χ3v) is 6.05. The van der Waals surface area contributed by atoms with Crippen LogP contribution in [0.25, 0.3) is 0 Å². The molecule has 1 aromatic rings. The molecule has 3 rings (SSSR count). The second kappa shape index (κ2) is 9.46. The molecule has 2 fully saturated rings. The third kappa shape index (κ3) is 5.17. The van der Waals surface area contributed by atoms with Gasteiger partial charge >= 0.3 is 0 Å². The van der Waals surface area contributed by atoms with E-state index in [4.69, 9.17) is 10.5 Å². The van der Waals surface area contributed by atoms with E-state index in [0.717, 1.165) is 51.6 Å². The van der Waals surface area contributed by atoms with Crippen LogP contribution in [-0.4, -0.2) is 46.3 Å². The number of anilines is 1. The van der Waals surface area contributed by atoms with Crippen LogP contribution in [0.3, 0.4) is 0 Å². The number of nitrogens with two attached hydrogens (primary N) is 1. The highest BCUT2D eigenvalue weighted by Crippen LogP contribution is 2.34. The molecule has 2 aliphatic carbocycles. The van der Waals surface area contributed by atoms with E-state index in [9.17, 15) is 9.90 Å². The molecule has 0 radical (unpaired) electrons. The number of aromatic nitrogens is 2. The van der Waals surface area contributed by atoms with E-state index >= 15 is 0 Å². The summed E-state index contributed by atoms with van der Waals surface area (Å²) >= 11 is 0. The maximum absolute atomic E-state index is 11.8. The Labute approximate surface area is 161 Å². The van der Waals surface area contributed by atoms with Gasteiger partial charge in [0, 0.05) is 25.5 Å². The van der Waals surface area contributed by atoms with E-state index in [1.165, 1.54) is 0 Å². The fourth-order valence-corrected chi connectivity index (χ4v) is 4.51. The zero-order valence-corrected chi connectivity index (χ0v) is 16.2. The number of primary amides is 1. The first-order chi connectivity index (χ1) is 13.1. The van der Waals surface area contributed by atoms with Crippen LogP contribution in [0.15, 0.2) is 6.20 Å². The van der Waals surface area contributed by atoms with Crippen molar-refractivity contribution >= 4 is 11.9 Å². The van der Waals surface area contributed by atoms with Crippen molar-refractivity contribution in [3.8, 4) is 0 Å². The number of carbonyl (C=O) groups is 1. The molecule has 0 saturated heterocycles. The number of aliphatic hydroxyl groups is 1. The van der Waals surface area contributed by atoms with Gasteiger partial charge in [0.2, 0.25) is 5.95 Å². The largest absolute Gasteiger partial charge is 0.396 e. The van der Waals surface area contributed by atoms with Gasteiger partial charge in [0.1, 0.15) is 0 Å². The Bertz CT molecular complexity index is 632. The fourth-order valence-electron chi connectivity index (χ4n) is 4.51. The molecule has 2 aliphatic rings. The van der Waals surface area contributed by atoms with Gasteiger partial charge < -0.3 is 20.9 Å². The SMILES string of the molecule is CCOC1CCC(Nc2ncc(C(N)=O)c(C[C@@H]3CCC[C@@H]3CO)n2)CC1. The number of ether oxygens (including phenoxy) is 1. The lowest BCUT2D eigenvalue weighted by Gasteiger charge is -2.29. The molecule has 7 heteroatoms. The topological polar surface area (TPSA) is 110 Å². The van der Waals surface area contributed by atoms with Gasteiger partial charge in [-0.15, -0.1) is 0 Å². The Balaban J connectivity index is 1.67. The number of aliphatic hydroxyl groups excluding tert-OH is 1. The van der Waals surface area contributed by atoms with Gasteiger partial charge in [0.25, 0.3) is 5.91 Å². The lowest BCUT2D eigenvalue weighted by Crippen LogP contribution is -2.30. The Kier molecular flexibility index (Phi) is 7.01. The number of rotatable bonds is 8. The predicted molar refractivity (Wildman–Crippen MR) is 103 cm³/mol. The first-order valence-electron chi connectivity index (χ1n) is 10.2. The highest BCUT2D eigenvalue weighted by atomic mass is 16.5. The highest BCUT2D eigenvalue weighted by Gasteiger charge is 2.29. The van der Waals surface area contributed by atoms with Gasteiger partial charge in [0.05, 0.1) is 17.4 Å². The molecule has 0 aliphatic heterocycles. The first-order valence-corrected chi connectivity index (χ1v) is 10.2. The molecule has 0 spiro atoms. The standard InChI is InChI=1S/C20H32N4O3/c1-2-27-16-8-6-15(7-9-16)23-20-22-11-17(19(21)26)18(24-20)10-13-4-3-5-14(13)12-25/h11,13-16,25H,2-10,12H2,1H3,(H2,21,26)(H,22,23,24)/t13-,14+,15?,16?/m0/s1. The van der Waals surface area contributed by atoms with Crippen LogP contribution in [0, 0.1) is 11.8 Å². The summed E-state index contributed by atoms with van der Waals surface area (Å²) in [5, 5.41) is 13.0. The van der Waals surface area contributed by atoms with E-state index in [1.54, 1.807) is 6.20 Å². The summed E-state index contributed by atoms with van der Waals surface area (Å²) in [5.74, 6) is 0.698. The van der Waals surface area contributed by atoms with Crippen LogP contribution >= 0.6 is 0 Å². The molecule has 0 bridgehead atoms. The number of amides is 1. The van der Waals surface area contributed by atoms with Gasteiger partial charge in [0.15, 0.2) is 0 Å². The van der Waals surface area contributed by atoms with Gasteiger partial charge in [-0.2, -0.15) is 0 Å². The van der Waals surface area contributed by atoms with Crippen molar-refractivity contribution < 1.29 is 14.6 Å². The second-order valence-electron chi connectivity index (χ2n) is 7.83. The van der Waals surface area contributed by atoms with E-state index in [0.29, 0.717) is 41.7 Å². The van der Waals surface area contributed by atoms with Crippen LogP contribution in [0.2, 0.25) is 0 Å².